The third kappa shape index (κ3) is 2.87. The highest BCUT2D eigenvalue weighted by molar-refractivity contribution is 7.92. The standard InChI is InChI=1S/C11H19N3O2S/c1-12-9(8-11-13-5-6-14-11)10-4-2-3-7-17(10,15)16/h5-6,9-10,12H,2-4,7-8H2,1H3,(H,13,14). The van der Waals surface area contributed by atoms with Gasteiger partial charge in [-0.1, -0.05) is 6.42 Å². The van der Waals surface area contributed by atoms with Crippen molar-refractivity contribution in [3.05, 3.63) is 18.2 Å². The number of sulfone groups is 1. The van der Waals surface area contributed by atoms with E-state index < -0.39 is 9.84 Å². The van der Waals surface area contributed by atoms with Gasteiger partial charge >= 0.3 is 0 Å². The minimum absolute atomic E-state index is 0.0496. The fourth-order valence-electron chi connectivity index (χ4n) is 2.47. The van der Waals surface area contributed by atoms with Gasteiger partial charge < -0.3 is 10.3 Å². The van der Waals surface area contributed by atoms with Crippen LogP contribution >= 0.6 is 0 Å². The molecule has 2 atom stereocenters. The number of rotatable bonds is 4. The molecule has 0 amide bonds. The molecular formula is C11H19N3O2S. The molecule has 0 saturated carbocycles. The van der Waals surface area contributed by atoms with E-state index >= 15 is 0 Å². The Labute approximate surface area is 102 Å². The summed E-state index contributed by atoms with van der Waals surface area (Å²) in [5.41, 5.74) is 0. The summed E-state index contributed by atoms with van der Waals surface area (Å²) >= 11 is 0. The Balaban J connectivity index is 2.12. The quantitative estimate of drug-likeness (QED) is 0.824. The first-order valence-corrected chi connectivity index (χ1v) is 7.72. The molecule has 1 aromatic rings. The SMILES string of the molecule is CNC(Cc1ncc[nH]1)C1CCCCS1(=O)=O. The van der Waals surface area contributed by atoms with Gasteiger partial charge in [0.15, 0.2) is 9.84 Å². The number of nitrogens with zero attached hydrogens (tertiary/aromatic N) is 1. The van der Waals surface area contributed by atoms with Gasteiger partial charge in [0.1, 0.15) is 5.82 Å². The first kappa shape index (κ1) is 12.6. The zero-order valence-corrected chi connectivity index (χ0v) is 10.8. The molecule has 2 rings (SSSR count). The number of likely N-dealkylation sites (N-methyl/N-ethyl adjacent to an activating group) is 1. The molecule has 1 fully saturated rings. The molecule has 2 unspecified atom stereocenters. The Kier molecular flexibility index (Phi) is 3.83. The lowest BCUT2D eigenvalue weighted by atomic mass is 10.0. The molecule has 0 spiro atoms. The number of H-pyrrole nitrogens is 1. The average Bonchev–Trinajstić information content (AvgIpc) is 2.79. The molecule has 96 valence electrons. The minimum Gasteiger partial charge on any atom is -0.349 e. The molecule has 2 N–H and O–H groups in total. The van der Waals surface area contributed by atoms with E-state index in [4.69, 9.17) is 0 Å². The van der Waals surface area contributed by atoms with E-state index in [0.717, 1.165) is 25.1 Å². The monoisotopic (exact) mass is 257 g/mol. The lowest BCUT2D eigenvalue weighted by Gasteiger charge is -2.29. The van der Waals surface area contributed by atoms with Gasteiger partial charge in [-0.3, -0.25) is 0 Å². The molecule has 0 bridgehead atoms. The van der Waals surface area contributed by atoms with Crippen LogP contribution in [-0.2, 0) is 16.3 Å². The summed E-state index contributed by atoms with van der Waals surface area (Å²) in [4.78, 5) is 7.18. The van der Waals surface area contributed by atoms with Gasteiger partial charge in [0.2, 0.25) is 0 Å². The maximum atomic E-state index is 12.0. The summed E-state index contributed by atoms with van der Waals surface area (Å²) in [5.74, 6) is 1.17. The maximum absolute atomic E-state index is 12.0. The molecule has 1 aliphatic heterocycles. The Morgan fingerprint density at radius 1 is 1.59 bits per heavy atom. The van der Waals surface area contributed by atoms with E-state index in [2.05, 4.69) is 15.3 Å². The van der Waals surface area contributed by atoms with Crippen LogP contribution in [0.3, 0.4) is 0 Å². The van der Waals surface area contributed by atoms with Crippen LogP contribution in [0.25, 0.3) is 0 Å². The number of aromatic amines is 1. The normalized spacial score (nSPS) is 25.6. The van der Waals surface area contributed by atoms with Crippen molar-refractivity contribution in [2.75, 3.05) is 12.8 Å². The molecule has 6 heteroatoms. The number of aromatic nitrogens is 2. The van der Waals surface area contributed by atoms with E-state index in [9.17, 15) is 8.42 Å². The number of hydrogen-bond donors (Lipinski definition) is 2. The molecule has 0 radical (unpaired) electrons. The smallest absolute Gasteiger partial charge is 0.154 e. The van der Waals surface area contributed by atoms with Crippen molar-refractivity contribution in [1.82, 2.24) is 15.3 Å². The van der Waals surface area contributed by atoms with Crippen LogP contribution < -0.4 is 5.32 Å². The summed E-state index contributed by atoms with van der Waals surface area (Å²) in [7, 11) is -1.13. The highest BCUT2D eigenvalue weighted by Crippen LogP contribution is 2.23. The molecule has 17 heavy (non-hydrogen) atoms. The van der Waals surface area contributed by atoms with Crippen molar-refractivity contribution < 1.29 is 8.42 Å². The van der Waals surface area contributed by atoms with E-state index in [1.54, 1.807) is 12.4 Å². The summed E-state index contributed by atoms with van der Waals surface area (Å²) in [6.07, 6.45) is 6.65. The van der Waals surface area contributed by atoms with Crippen molar-refractivity contribution >= 4 is 9.84 Å². The summed E-state index contributed by atoms with van der Waals surface area (Å²) in [6, 6.07) is -0.0496. The highest BCUT2D eigenvalue weighted by atomic mass is 32.2. The topological polar surface area (TPSA) is 74.8 Å². The van der Waals surface area contributed by atoms with Crippen LogP contribution in [-0.4, -0.2) is 42.5 Å². The van der Waals surface area contributed by atoms with Gasteiger partial charge in [-0.05, 0) is 19.9 Å². The second-order valence-electron chi connectivity index (χ2n) is 4.54. The van der Waals surface area contributed by atoms with E-state index in [1.807, 2.05) is 7.05 Å². The summed E-state index contributed by atoms with van der Waals surface area (Å²) in [6.45, 7) is 0. The van der Waals surface area contributed by atoms with E-state index in [1.165, 1.54) is 0 Å². The second-order valence-corrected chi connectivity index (χ2v) is 6.88. The van der Waals surface area contributed by atoms with Gasteiger partial charge in [-0.2, -0.15) is 0 Å². The Morgan fingerprint density at radius 2 is 2.41 bits per heavy atom. The molecule has 2 heterocycles. The van der Waals surface area contributed by atoms with Crippen molar-refractivity contribution in [3.8, 4) is 0 Å². The fraction of sp³-hybridized carbons (Fsp3) is 0.727. The van der Waals surface area contributed by atoms with Crippen molar-refractivity contribution in [3.63, 3.8) is 0 Å². The Bertz CT molecular complexity index is 441. The molecule has 1 saturated heterocycles. The Hall–Kier alpha value is -0.880. The lowest BCUT2D eigenvalue weighted by Crippen LogP contribution is -2.46. The Morgan fingerprint density at radius 3 is 3.00 bits per heavy atom. The molecule has 0 aliphatic carbocycles. The van der Waals surface area contributed by atoms with Crippen LogP contribution in [0.15, 0.2) is 12.4 Å². The van der Waals surface area contributed by atoms with Crippen molar-refractivity contribution in [2.24, 2.45) is 0 Å². The molecular weight excluding hydrogens is 238 g/mol. The summed E-state index contributed by atoms with van der Waals surface area (Å²) < 4.78 is 24.1. The summed E-state index contributed by atoms with van der Waals surface area (Å²) in [5, 5.41) is 2.85. The zero-order chi connectivity index (χ0) is 12.3. The largest absolute Gasteiger partial charge is 0.349 e. The molecule has 0 aromatic carbocycles. The average molecular weight is 257 g/mol. The predicted octanol–water partition coefficient (Wildman–Crippen LogP) is 0.507. The number of hydrogen-bond acceptors (Lipinski definition) is 4. The fourth-order valence-corrected chi connectivity index (χ4v) is 4.64. The minimum atomic E-state index is -2.94. The lowest BCUT2D eigenvalue weighted by molar-refractivity contribution is 0.451. The van der Waals surface area contributed by atoms with Crippen LogP contribution in [0.1, 0.15) is 25.1 Å². The van der Waals surface area contributed by atoms with E-state index in [0.29, 0.717) is 12.2 Å². The van der Waals surface area contributed by atoms with Crippen molar-refractivity contribution in [2.45, 2.75) is 37.0 Å². The first-order valence-electron chi connectivity index (χ1n) is 6.00. The second kappa shape index (κ2) is 5.18. The highest BCUT2D eigenvalue weighted by Gasteiger charge is 2.35. The van der Waals surface area contributed by atoms with Crippen LogP contribution in [0.4, 0.5) is 0 Å². The van der Waals surface area contributed by atoms with E-state index in [-0.39, 0.29) is 11.3 Å². The van der Waals surface area contributed by atoms with Gasteiger partial charge in [0.05, 0.1) is 11.0 Å². The van der Waals surface area contributed by atoms with Crippen LogP contribution in [0.5, 0.6) is 0 Å². The van der Waals surface area contributed by atoms with Gasteiger partial charge in [-0.25, -0.2) is 13.4 Å². The molecule has 1 aromatic heterocycles. The zero-order valence-electron chi connectivity index (χ0n) is 10.0. The van der Waals surface area contributed by atoms with Crippen LogP contribution in [0.2, 0.25) is 0 Å². The maximum Gasteiger partial charge on any atom is 0.154 e. The molecule has 1 aliphatic rings. The third-order valence-electron chi connectivity index (χ3n) is 3.42. The van der Waals surface area contributed by atoms with Crippen LogP contribution in [0, 0.1) is 0 Å². The number of nitrogens with one attached hydrogen (secondary N) is 2. The number of imidazole rings is 1. The van der Waals surface area contributed by atoms with Crippen molar-refractivity contribution in [1.29, 1.82) is 0 Å². The predicted molar refractivity (Wildman–Crippen MR) is 66.6 cm³/mol. The molecule has 5 nitrogen and oxygen atoms in total. The third-order valence-corrected chi connectivity index (χ3v) is 5.76. The first-order chi connectivity index (χ1) is 8.13. The van der Waals surface area contributed by atoms with Gasteiger partial charge in [0, 0.05) is 24.9 Å². The van der Waals surface area contributed by atoms with Gasteiger partial charge in [-0.15, -0.1) is 0 Å². The van der Waals surface area contributed by atoms with Gasteiger partial charge in [0.25, 0.3) is 0 Å².